The molecule has 5 heteroatoms. The zero-order chi connectivity index (χ0) is 12.0. The first-order chi connectivity index (χ1) is 7.70. The summed E-state index contributed by atoms with van der Waals surface area (Å²) in [7, 11) is 1.63. The number of methoxy groups -OCH3 is 1. The third kappa shape index (κ3) is 3.43. The number of likely N-dealkylation sites (tertiary alicyclic amines) is 1. The van der Waals surface area contributed by atoms with Gasteiger partial charge in [0.25, 0.3) is 0 Å². The molecule has 0 spiro atoms. The largest absolute Gasteiger partial charge is 0.383 e. The van der Waals surface area contributed by atoms with Crippen LogP contribution in [0.3, 0.4) is 0 Å². The molecule has 0 aliphatic carbocycles. The van der Waals surface area contributed by atoms with Gasteiger partial charge in [0.2, 0.25) is 5.91 Å². The van der Waals surface area contributed by atoms with Crippen LogP contribution in [-0.4, -0.2) is 56.2 Å². The molecule has 0 radical (unpaired) electrons. The normalized spacial score (nSPS) is 23.3. The number of ether oxygens (including phenoxy) is 1. The van der Waals surface area contributed by atoms with E-state index in [4.69, 9.17) is 10.5 Å². The number of nitrogens with one attached hydrogen (secondary N) is 1. The van der Waals surface area contributed by atoms with Crippen molar-refractivity contribution < 1.29 is 9.53 Å². The molecule has 0 saturated carbocycles. The molecule has 1 fully saturated rings. The number of nitrogens with two attached hydrogens (primary N) is 1. The van der Waals surface area contributed by atoms with Crippen LogP contribution in [0.15, 0.2) is 0 Å². The summed E-state index contributed by atoms with van der Waals surface area (Å²) in [5, 5.41) is 2.86. The molecular weight excluding hydrogens is 206 g/mol. The minimum Gasteiger partial charge on any atom is -0.383 e. The van der Waals surface area contributed by atoms with E-state index in [9.17, 15) is 4.79 Å². The van der Waals surface area contributed by atoms with E-state index in [0.29, 0.717) is 25.7 Å². The van der Waals surface area contributed by atoms with Gasteiger partial charge in [-0.25, -0.2) is 0 Å². The highest BCUT2D eigenvalue weighted by Crippen LogP contribution is 2.18. The second-order valence-corrected chi connectivity index (χ2v) is 4.23. The Morgan fingerprint density at radius 2 is 2.44 bits per heavy atom. The lowest BCUT2D eigenvalue weighted by atomic mass is 10.2. The number of hydrogen-bond donors (Lipinski definition) is 2. The average molecular weight is 229 g/mol. The fourth-order valence-electron chi connectivity index (χ4n) is 2.20. The summed E-state index contributed by atoms with van der Waals surface area (Å²) < 4.78 is 4.89. The van der Waals surface area contributed by atoms with Crippen LogP contribution in [0.1, 0.15) is 19.8 Å². The van der Waals surface area contributed by atoms with E-state index in [1.54, 1.807) is 7.11 Å². The molecule has 0 bridgehead atoms. The van der Waals surface area contributed by atoms with Crippen molar-refractivity contribution in [3.8, 4) is 0 Å². The number of nitrogens with zero attached hydrogens (tertiary/aromatic N) is 1. The Kier molecular flexibility index (Phi) is 5.73. The smallest absolute Gasteiger partial charge is 0.237 e. The van der Waals surface area contributed by atoms with Crippen molar-refractivity contribution >= 4 is 5.91 Å². The summed E-state index contributed by atoms with van der Waals surface area (Å²) in [6.07, 6.45) is 2.24. The van der Waals surface area contributed by atoms with Crippen LogP contribution >= 0.6 is 0 Å². The Labute approximate surface area is 97.3 Å². The molecule has 1 heterocycles. The van der Waals surface area contributed by atoms with Crippen molar-refractivity contribution in [1.82, 2.24) is 10.2 Å². The Bertz CT molecular complexity index is 223. The zero-order valence-corrected chi connectivity index (χ0v) is 10.2. The third-order valence-corrected chi connectivity index (χ3v) is 3.18. The lowest BCUT2D eigenvalue weighted by Gasteiger charge is -2.28. The van der Waals surface area contributed by atoms with Gasteiger partial charge in [-0.05, 0) is 26.3 Å². The first kappa shape index (κ1) is 13.4. The minimum atomic E-state index is -0.0899. The summed E-state index contributed by atoms with van der Waals surface area (Å²) in [6.45, 7) is 4.67. The van der Waals surface area contributed by atoms with Crippen molar-refractivity contribution in [2.45, 2.75) is 31.8 Å². The van der Waals surface area contributed by atoms with Crippen LogP contribution in [0.5, 0.6) is 0 Å². The number of hydrogen-bond acceptors (Lipinski definition) is 4. The number of carbonyl (C=O) groups excluding carboxylic acids is 1. The summed E-state index contributed by atoms with van der Waals surface area (Å²) in [5.41, 5.74) is 5.69. The topological polar surface area (TPSA) is 67.6 Å². The van der Waals surface area contributed by atoms with Gasteiger partial charge in [0, 0.05) is 26.2 Å². The summed E-state index contributed by atoms with van der Waals surface area (Å²) in [4.78, 5) is 14.0. The molecule has 1 rings (SSSR count). The number of amides is 1. The summed E-state index contributed by atoms with van der Waals surface area (Å²) in [5.74, 6) is 0.0670. The molecule has 1 aliphatic rings. The van der Waals surface area contributed by atoms with Crippen LogP contribution in [-0.2, 0) is 9.53 Å². The maximum Gasteiger partial charge on any atom is 0.237 e. The lowest BCUT2D eigenvalue weighted by molar-refractivity contribution is -0.126. The van der Waals surface area contributed by atoms with Crippen LogP contribution < -0.4 is 11.1 Å². The third-order valence-electron chi connectivity index (χ3n) is 3.18. The molecule has 2 atom stereocenters. The molecule has 1 saturated heterocycles. The monoisotopic (exact) mass is 229 g/mol. The van der Waals surface area contributed by atoms with Crippen LogP contribution in [0.4, 0.5) is 0 Å². The molecular formula is C11H23N3O2. The predicted molar refractivity (Wildman–Crippen MR) is 63.1 cm³/mol. The molecule has 0 aromatic heterocycles. The van der Waals surface area contributed by atoms with Crippen LogP contribution in [0.2, 0.25) is 0 Å². The SMILES string of the molecule is COCCNC(=O)C(C)N1CCCC1CN. The minimum absolute atomic E-state index is 0.0670. The van der Waals surface area contributed by atoms with Crippen molar-refractivity contribution in [3.05, 3.63) is 0 Å². The molecule has 16 heavy (non-hydrogen) atoms. The quantitative estimate of drug-likeness (QED) is 0.606. The van der Waals surface area contributed by atoms with Crippen molar-refractivity contribution in [3.63, 3.8) is 0 Å². The maximum absolute atomic E-state index is 11.8. The van der Waals surface area contributed by atoms with E-state index in [0.717, 1.165) is 19.4 Å². The Balaban J connectivity index is 2.37. The van der Waals surface area contributed by atoms with Gasteiger partial charge in [0.1, 0.15) is 0 Å². The van der Waals surface area contributed by atoms with Gasteiger partial charge in [-0.1, -0.05) is 0 Å². The molecule has 94 valence electrons. The van der Waals surface area contributed by atoms with Gasteiger partial charge >= 0.3 is 0 Å². The molecule has 0 aromatic rings. The second-order valence-electron chi connectivity index (χ2n) is 4.23. The maximum atomic E-state index is 11.8. The lowest BCUT2D eigenvalue weighted by Crippen LogP contribution is -2.49. The zero-order valence-electron chi connectivity index (χ0n) is 10.2. The predicted octanol–water partition coefficient (Wildman–Crippen LogP) is -0.439. The Morgan fingerprint density at radius 1 is 1.69 bits per heavy atom. The first-order valence-electron chi connectivity index (χ1n) is 5.93. The van der Waals surface area contributed by atoms with Crippen molar-refractivity contribution in [2.24, 2.45) is 5.73 Å². The van der Waals surface area contributed by atoms with Crippen molar-refractivity contribution in [2.75, 3.05) is 33.4 Å². The molecule has 2 unspecified atom stereocenters. The first-order valence-corrected chi connectivity index (χ1v) is 5.93. The summed E-state index contributed by atoms with van der Waals surface area (Å²) in [6, 6.07) is 0.274. The molecule has 1 aliphatic heterocycles. The highest BCUT2D eigenvalue weighted by Gasteiger charge is 2.30. The van der Waals surface area contributed by atoms with E-state index in [1.807, 2.05) is 6.92 Å². The van der Waals surface area contributed by atoms with Crippen molar-refractivity contribution in [1.29, 1.82) is 0 Å². The summed E-state index contributed by atoms with van der Waals surface area (Å²) >= 11 is 0. The highest BCUT2D eigenvalue weighted by molar-refractivity contribution is 5.81. The van der Waals surface area contributed by atoms with Gasteiger partial charge in [-0.15, -0.1) is 0 Å². The Hall–Kier alpha value is -0.650. The molecule has 3 N–H and O–H groups in total. The second kappa shape index (κ2) is 6.83. The number of carbonyl (C=O) groups is 1. The van der Waals surface area contributed by atoms with Gasteiger partial charge < -0.3 is 15.8 Å². The van der Waals surface area contributed by atoms with Gasteiger partial charge in [-0.3, -0.25) is 9.69 Å². The standard InChI is InChI=1S/C11H23N3O2/c1-9(11(15)13-5-7-16-2)14-6-3-4-10(14)8-12/h9-10H,3-8,12H2,1-2H3,(H,13,15). The molecule has 1 amide bonds. The van der Waals surface area contributed by atoms with Crippen LogP contribution in [0, 0.1) is 0 Å². The van der Waals surface area contributed by atoms with E-state index < -0.39 is 0 Å². The van der Waals surface area contributed by atoms with E-state index in [1.165, 1.54) is 0 Å². The van der Waals surface area contributed by atoms with E-state index in [2.05, 4.69) is 10.2 Å². The van der Waals surface area contributed by atoms with E-state index in [-0.39, 0.29) is 11.9 Å². The molecule has 5 nitrogen and oxygen atoms in total. The fourth-order valence-corrected chi connectivity index (χ4v) is 2.20. The fraction of sp³-hybridized carbons (Fsp3) is 0.909. The Morgan fingerprint density at radius 3 is 3.06 bits per heavy atom. The number of rotatable bonds is 6. The van der Waals surface area contributed by atoms with E-state index >= 15 is 0 Å². The molecule has 0 aromatic carbocycles. The van der Waals surface area contributed by atoms with Gasteiger partial charge in [-0.2, -0.15) is 0 Å². The average Bonchev–Trinajstić information content (AvgIpc) is 2.76. The highest BCUT2D eigenvalue weighted by atomic mass is 16.5. The van der Waals surface area contributed by atoms with Crippen LogP contribution in [0.25, 0.3) is 0 Å². The van der Waals surface area contributed by atoms with Gasteiger partial charge in [0.15, 0.2) is 0 Å². The van der Waals surface area contributed by atoms with Gasteiger partial charge in [0.05, 0.1) is 12.6 Å².